The van der Waals surface area contributed by atoms with E-state index in [1.165, 1.54) is 17.1 Å². The number of hydrogen-bond donors (Lipinski definition) is 0. The Morgan fingerprint density at radius 3 is 2.73 bits per heavy atom. The molecule has 0 fully saturated rings. The van der Waals surface area contributed by atoms with Gasteiger partial charge in [0, 0.05) is 11.0 Å². The van der Waals surface area contributed by atoms with Gasteiger partial charge in [0.25, 0.3) is 0 Å². The number of fused-ring (bicyclic) bond motifs is 1. The van der Waals surface area contributed by atoms with Crippen LogP contribution in [0.1, 0.15) is 5.69 Å². The van der Waals surface area contributed by atoms with Gasteiger partial charge in [0.2, 0.25) is 5.76 Å². The molecule has 0 unspecified atom stereocenters. The third kappa shape index (κ3) is 3.81. The first-order chi connectivity index (χ1) is 12.8. The maximum absolute atomic E-state index is 12.0. The Hall–Kier alpha value is -2.99. The Kier molecular flexibility index (Phi) is 4.75. The van der Waals surface area contributed by atoms with Crippen molar-refractivity contribution >= 4 is 28.5 Å². The molecular formula is C20H15NO4S. The minimum atomic E-state index is -0.300. The van der Waals surface area contributed by atoms with Crippen molar-refractivity contribution in [2.24, 2.45) is 0 Å². The van der Waals surface area contributed by atoms with Crippen LogP contribution >= 0.6 is 11.8 Å². The molecule has 0 saturated carbocycles. The van der Waals surface area contributed by atoms with Gasteiger partial charge < -0.3 is 13.7 Å². The van der Waals surface area contributed by atoms with E-state index in [0.717, 1.165) is 10.3 Å². The van der Waals surface area contributed by atoms with Crippen molar-refractivity contribution in [3.8, 4) is 11.5 Å². The monoisotopic (exact) mass is 365 g/mol. The lowest BCUT2D eigenvalue weighted by atomic mass is 10.1. The summed E-state index contributed by atoms with van der Waals surface area (Å²) in [7, 11) is 0. The molecule has 4 aromatic rings. The normalized spacial score (nSPS) is 10.9. The molecule has 0 bridgehead atoms. The Morgan fingerprint density at radius 2 is 1.88 bits per heavy atom. The third-order valence-corrected chi connectivity index (χ3v) is 4.75. The van der Waals surface area contributed by atoms with Crippen molar-refractivity contribution in [1.82, 2.24) is 5.16 Å². The van der Waals surface area contributed by atoms with Gasteiger partial charge in [0.1, 0.15) is 12.3 Å². The van der Waals surface area contributed by atoms with Gasteiger partial charge in [-0.15, -0.1) is 11.8 Å². The molecule has 0 spiro atoms. The standard InChI is InChI=1S/C20H15NO4S/c22-20(13-26-17-8-7-14-4-1-2-5-15(14)10-17)24-12-16-11-19(25-21-16)18-6-3-9-23-18/h1-11H,12-13H2. The lowest BCUT2D eigenvalue weighted by Gasteiger charge is -2.04. The van der Waals surface area contributed by atoms with Gasteiger partial charge in [-0.25, -0.2) is 0 Å². The van der Waals surface area contributed by atoms with Crippen LogP contribution in [0, 0.1) is 0 Å². The summed E-state index contributed by atoms with van der Waals surface area (Å²) < 4.78 is 15.7. The quantitative estimate of drug-likeness (QED) is 0.357. The second-order valence-corrected chi connectivity index (χ2v) is 6.67. The number of nitrogens with zero attached hydrogens (tertiary/aromatic N) is 1. The van der Waals surface area contributed by atoms with E-state index in [2.05, 4.69) is 29.4 Å². The predicted octanol–water partition coefficient (Wildman–Crippen LogP) is 4.92. The fraction of sp³-hybridized carbons (Fsp3) is 0.100. The van der Waals surface area contributed by atoms with Gasteiger partial charge in [0.15, 0.2) is 5.76 Å². The molecule has 0 aliphatic heterocycles. The number of thioether (sulfide) groups is 1. The van der Waals surface area contributed by atoms with Gasteiger partial charge in [-0.3, -0.25) is 4.79 Å². The van der Waals surface area contributed by atoms with Crippen molar-refractivity contribution in [3.63, 3.8) is 0 Å². The van der Waals surface area contributed by atoms with Gasteiger partial charge in [-0.2, -0.15) is 0 Å². The zero-order valence-corrected chi connectivity index (χ0v) is 14.6. The van der Waals surface area contributed by atoms with Crippen LogP contribution in [-0.2, 0) is 16.1 Å². The third-order valence-electron chi connectivity index (χ3n) is 3.78. The summed E-state index contributed by atoms with van der Waals surface area (Å²) in [6, 6.07) is 19.5. The molecule has 130 valence electrons. The average molecular weight is 365 g/mol. The minimum Gasteiger partial charge on any atom is -0.461 e. The van der Waals surface area contributed by atoms with E-state index in [1.807, 2.05) is 18.2 Å². The number of rotatable bonds is 6. The van der Waals surface area contributed by atoms with E-state index >= 15 is 0 Å². The predicted molar refractivity (Wildman–Crippen MR) is 98.7 cm³/mol. The van der Waals surface area contributed by atoms with Crippen LogP contribution in [0.15, 0.2) is 80.8 Å². The zero-order valence-electron chi connectivity index (χ0n) is 13.8. The Balaban J connectivity index is 1.30. The molecule has 0 atom stereocenters. The van der Waals surface area contributed by atoms with Gasteiger partial charge in [-0.1, -0.05) is 35.5 Å². The van der Waals surface area contributed by atoms with Gasteiger partial charge >= 0.3 is 5.97 Å². The Bertz CT molecular complexity index is 1020. The van der Waals surface area contributed by atoms with Gasteiger partial charge in [-0.05, 0) is 35.0 Å². The van der Waals surface area contributed by atoms with Crippen LogP contribution < -0.4 is 0 Å². The summed E-state index contributed by atoms with van der Waals surface area (Å²) in [5, 5.41) is 6.21. The number of carbonyl (C=O) groups is 1. The molecule has 6 heteroatoms. The first-order valence-electron chi connectivity index (χ1n) is 8.05. The summed E-state index contributed by atoms with van der Waals surface area (Å²) in [5.74, 6) is 1.03. The van der Waals surface area contributed by atoms with E-state index in [-0.39, 0.29) is 18.3 Å². The molecule has 2 aromatic heterocycles. The van der Waals surface area contributed by atoms with Crippen LogP contribution in [0.3, 0.4) is 0 Å². The van der Waals surface area contributed by atoms with Crippen LogP contribution in [-0.4, -0.2) is 16.9 Å². The fourth-order valence-electron chi connectivity index (χ4n) is 2.51. The first-order valence-corrected chi connectivity index (χ1v) is 9.03. The summed E-state index contributed by atoms with van der Waals surface area (Å²) in [5.41, 5.74) is 0.542. The highest BCUT2D eigenvalue weighted by Gasteiger charge is 2.11. The molecule has 0 saturated heterocycles. The van der Waals surface area contributed by atoms with Gasteiger partial charge in [0.05, 0.1) is 12.0 Å². The highest BCUT2D eigenvalue weighted by Crippen LogP contribution is 2.24. The molecule has 0 radical (unpaired) electrons. The van der Waals surface area contributed by atoms with E-state index in [1.54, 1.807) is 24.5 Å². The van der Waals surface area contributed by atoms with E-state index in [9.17, 15) is 4.79 Å². The van der Waals surface area contributed by atoms with E-state index in [4.69, 9.17) is 13.7 Å². The summed E-state index contributed by atoms with van der Waals surface area (Å²) in [4.78, 5) is 13.0. The SMILES string of the molecule is O=C(CSc1ccc2ccccc2c1)OCc1cc(-c2ccco2)on1. The minimum absolute atomic E-state index is 0.0708. The largest absolute Gasteiger partial charge is 0.461 e. The molecule has 4 rings (SSSR count). The lowest BCUT2D eigenvalue weighted by Crippen LogP contribution is -2.07. The number of hydrogen-bond acceptors (Lipinski definition) is 6. The maximum Gasteiger partial charge on any atom is 0.316 e. The number of carbonyl (C=O) groups excluding carboxylic acids is 1. The average Bonchev–Trinajstić information content (AvgIpc) is 3.36. The molecule has 2 heterocycles. The Labute approximate surface area is 153 Å². The van der Waals surface area contributed by atoms with Crippen molar-refractivity contribution in [3.05, 3.63) is 72.6 Å². The molecule has 0 amide bonds. The molecule has 26 heavy (non-hydrogen) atoms. The van der Waals surface area contributed by atoms with E-state index in [0.29, 0.717) is 17.2 Å². The summed E-state index contributed by atoms with van der Waals surface area (Å²) >= 11 is 1.45. The second kappa shape index (κ2) is 7.49. The lowest BCUT2D eigenvalue weighted by molar-refractivity contribution is -0.141. The number of esters is 1. The smallest absolute Gasteiger partial charge is 0.316 e. The number of ether oxygens (including phenoxy) is 1. The molecule has 5 nitrogen and oxygen atoms in total. The first kappa shape index (κ1) is 16.5. The fourth-order valence-corrected chi connectivity index (χ4v) is 3.25. The summed E-state index contributed by atoms with van der Waals surface area (Å²) in [6.07, 6.45) is 1.56. The highest BCUT2D eigenvalue weighted by molar-refractivity contribution is 8.00. The van der Waals surface area contributed by atoms with Crippen molar-refractivity contribution in [1.29, 1.82) is 0 Å². The molecule has 0 aliphatic carbocycles. The number of furan rings is 1. The van der Waals surface area contributed by atoms with Crippen molar-refractivity contribution in [2.45, 2.75) is 11.5 Å². The molecule has 0 aliphatic rings. The van der Waals surface area contributed by atoms with Crippen LogP contribution in [0.5, 0.6) is 0 Å². The maximum atomic E-state index is 12.0. The van der Waals surface area contributed by atoms with Crippen LogP contribution in [0.2, 0.25) is 0 Å². The van der Waals surface area contributed by atoms with Crippen LogP contribution in [0.4, 0.5) is 0 Å². The topological polar surface area (TPSA) is 65.5 Å². The van der Waals surface area contributed by atoms with Crippen molar-refractivity contribution in [2.75, 3.05) is 5.75 Å². The van der Waals surface area contributed by atoms with E-state index < -0.39 is 0 Å². The zero-order chi connectivity index (χ0) is 17.8. The van der Waals surface area contributed by atoms with Crippen LogP contribution in [0.25, 0.3) is 22.3 Å². The number of aromatic nitrogens is 1. The van der Waals surface area contributed by atoms with Crippen molar-refractivity contribution < 1.29 is 18.5 Å². The summed E-state index contributed by atoms with van der Waals surface area (Å²) in [6.45, 7) is 0.0708. The molecular weight excluding hydrogens is 350 g/mol. The Morgan fingerprint density at radius 1 is 1.00 bits per heavy atom. The second-order valence-electron chi connectivity index (χ2n) is 5.62. The molecule has 0 N–H and O–H groups in total. The molecule has 2 aromatic carbocycles. The highest BCUT2D eigenvalue weighted by atomic mass is 32.2. The number of benzene rings is 2.